The van der Waals surface area contributed by atoms with Gasteiger partial charge >= 0.3 is 12.1 Å². The summed E-state index contributed by atoms with van der Waals surface area (Å²) in [4.78, 5) is 13.0. The summed E-state index contributed by atoms with van der Waals surface area (Å²) in [5.74, 6) is -2.13. The standard InChI is InChI=1S/C13H20F3NO2/c1-8(12(18)19)9-6-17(7-9)11-4-2-10(3-5-11)13(14,15)16/h8-11H,2-7H2,1H3,(H,18,19). The Morgan fingerprint density at radius 2 is 1.74 bits per heavy atom. The predicted octanol–water partition coefficient (Wildman–Crippen LogP) is 2.76. The molecular formula is C13H20F3NO2. The zero-order valence-corrected chi connectivity index (χ0v) is 11.0. The second-order valence-electron chi connectivity index (χ2n) is 5.89. The van der Waals surface area contributed by atoms with Crippen LogP contribution < -0.4 is 0 Å². The maximum atomic E-state index is 12.5. The maximum Gasteiger partial charge on any atom is 0.391 e. The van der Waals surface area contributed by atoms with Crippen LogP contribution in [0.2, 0.25) is 0 Å². The van der Waals surface area contributed by atoms with Crippen molar-refractivity contribution in [1.29, 1.82) is 0 Å². The van der Waals surface area contributed by atoms with Crippen LogP contribution in [-0.4, -0.2) is 41.3 Å². The predicted molar refractivity (Wildman–Crippen MR) is 63.7 cm³/mol. The lowest BCUT2D eigenvalue weighted by molar-refractivity contribution is -0.186. The van der Waals surface area contributed by atoms with Gasteiger partial charge in [-0.15, -0.1) is 0 Å². The fourth-order valence-electron chi connectivity index (χ4n) is 3.13. The molecule has 1 saturated carbocycles. The van der Waals surface area contributed by atoms with Crippen LogP contribution in [0.4, 0.5) is 13.2 Å². The largest absolute Gasteiger partial charge is 0.481 e. The zero-order valence-electron chi connectivity index (χ0n) is 11.0. The van der Waals surface area contributed by atoms with E-state index >= 15 is 0 Å². The number of carbonyl (C=O) groups is 1. The van der Waals surface area contributed by atoms with E-state index in [9.17, 15) is 18.0 Å². The fourth-order valence-corrected chi connectivity index (χ4v) is 3.13. The second kappa shape index (κ2) is 5.31. The third-order valence-corrected chi connectivity index (χ3v) is 4.71. The SMILES string of the molecule is CC(C(=O)O)C1CN(C2CCC(C(F)(F)F)CC2)C1. The first-order chi connectivity index (χ1) is 8.79. The summed E-state index contributed by atoms with van der Waals surface area (Å²) in [7, 11) is 0. The molecular weight excluding hydrogens is 259 g/mol. The minimum atomic E-state index is -4.06. The van der Waals surface area contributed by atoms with Crippen molar-refractivity contribution in [1.82, 2.24) is 4.90 Å². The molecule has 6 heteroatoms. The first-order valence-electron chi connectivity index (χ1n) is 6.82. The molecule has 1 atom stereocenters. The lowest BCUT2D eigenvalue weighted by atomic mass is 9.80. The number of carboxylic acid groups (broad SMARTS) is 1. The number of carboxylic acids is 1. The molecule has 1 aliphatic heterocycles. The van der Waals surface area contributed by atoms with E-state index in [0.29, 0.717) is 12.8 Å². The van der Waals surface area contributed by atoms with Crippen molar-refractivity contribution < 1.29 is 23.1 Å². The second-order valence-corrected chi connectivity index (χ2v) is 5.89. The van der Waals surface area contributed by atoms with E-state index in [4.69, 9.17) is 5.11 Å². The van der Waals surface area contributed by atoms with Gasteiger partial charge in [0.15, 0.2) is 0 Å². The third kappa shape index (κ3) is 3.22. The van der Waals surface area contributed by atoms with E-state index in [1.807, 2.05) is 0 Å². The molecule has 0 aromatic carbocycles. The van der Waals surface area contributed by atoms with Crippen molar-refractivity contribution in [2.45, 2.75) is 44.8 Å². The van der Waals surface area contributed by atoms with Crippen LogP contribution in [0.5, 0.6) is 0 Å². The van der Waals surface area contributed by atoms with Crippen LogP contribution in [0.1, 0.15) is 32.6 Å². The average Bonchev–Trinajstić information content (AvgIpc) is 2.26. The Morgan fingerprint density at radius 3 is 2.16 bits per heavy atom. The van der Waals surface area contributed by atoms with Crippen LogP contribution in [0.3, 0.4) is 0 Å². The van der Waals surface area contributed by atoms with Crippen molar-refractivity contribution in [3.63, 3.8) is 0 Å². The molecule has 0 radical (unpaired) electrons. The van der Waals surface area contributed by atoms with E-state index in [0.717, 1.165) is 13.1 Å². The van der Waals surface area contributed by atoms with Crippen molar-refractivity contribution in [3.05, 3.63) is 0 Å². The molecule has 2 aliphatic rings. The third-order valence-electron chi connectivity index (χ3n) is 4.71. The van der Waals surface area contributed by atoms with E-state index in [2.05, 4.69) is 4.90 Å². The van der Waals surface area contributed by atoms with E-state index < -0.39 is 18.1 Å². The van der Waals surface area contributed by atoms with Gasteiger partial charge in [0.25, 0.3) is 0 Å². The van der Waals surface area contributed by atoms with Crippen LogP contribution in [0.15, 0.2) is 0 Å². The summed E-state index contributed by atoms with van der Waals surface area (Å²) in [6, 6.07) is 0.218. The number of aliphatic carboxylic acids is 1. The van der Waals surface area contributed by atoms with Crippen LogP contribution in [0, 0.1) is 17.8 Å². The number of nitrogens with zero attached hydrogens (tertiary/aromatic N) is 1. The number of alkyl halides is 3. The summed E-state index contributed by atoms with van der Waals surface area (Å²) >= 11 is 0. The number of hydrogen-bond donors (Lipinski definition) is 1. The molecule has 0 bridgehead atoms. The molecule has 2 rings (SSSR count). The molecule has 0 aromatic heterocycles. The molecule has 0 amide bonds. The van der Waals surface area contributed by atoms with Crippen molar-refractivity contribution >= 4 is 5.97 Å². The maximum absolute atomic E-state index is 12.5. The number of rotatable bonds is 3. The average molecular weight is 279 g/mol. The Bertz CT molecular complexity index is 331. The van der Waals surface area contributed by atoms with Gasteiger partial charge in [0.1, 0.15) is 0 Å². The van der Waals surface area contributed by atoms with Crippen molar-refractivity contribution in [2.24, 2.45) is 17.8 Å². The molecule has 1 unspecified atom stereocenters. The van der Waals surface area contributed by atoms with Gasteiger partial charge < -0.3 is 5.11 Å². The van der Waals surface area contributed by atoms with E-state index in [1.165, 1.54) is 0 Å². The lowest BCUT2D eigenvalue weighted by Crippen LogP contribution is -2.56. The molecule has 1 N–H and O–H groups in total. The van der Waals surface area contributed by atoms with Crippen LogP contribution in [-0.2, 0) is 4.79 Å². The summed E-state index contributed by atoms with van der Waals surface area (Å²) in [6.07, 6.45) is -2.47. The molecule has 3 nitrogen and oxygen atoms in total. The molecule has 0 aromatic rings. The normalized spacial score (nSPS) is 31.8. The van der Waals surface area contributed by atoms with Gasteiger partial charge in [-0.1, -0.05) is 6.92 Å². The highest BCUT2D eigenvalue weighted by Crippen LogP contribution is 2.40. The minimum absolute atomic E-state index is 0.151. The molecule has 1 saturated heterocycles. The van der Waals surface area contributed by atoms with Crippen molar-refractivity contribution in [3.8, 4) is 0 Å². The smallest absolute Gasteiger partial charge is 0.391 e. The fraction of sp³-hybridized carbons (Fsp3) is 0.923. The van der Waals surface area contributed by atoms with Gasteiger partial charge in [-0.3, -0.25) is 9.69 Å². The first kappa shape index (κ1) is 14.6. The molecule has 2 fully saturated rings. The van der Waals surface area contributed by atoms with Gasteiger partial charge in [0.2, 0.25) is 0 Å². The minimum Gasteiger partial charge on any atom is -0.481 e. The Hall–Kier alpha value is -0.780. The Labute approximate surface area is 110 Å². The van der Waals surface area contributed by atoms with Gasteiger partial charge in [0.05, 0.1) is 11.8 Å². The Balaban J connectivity index is 1.75. The van der Waals surface area contributed by atoms with Gasteiger partial charge in [-0.25, -0.2) is 0 Å². The molecule has 110 valence electrons. The van der Waals surface area contributed by atoms with Gasteiger partial charge in [-0.2, -0.15) is 13.2 Å². The monoisotopic (exact) mass is 279 g/mol. The number of hydrogen-bond acceptors (Lipinski definition) is 2. The summed E-state index contributed by atoms with van der Waals surface area (Å²) in [6.45, 7) is 3.13. The summed E-state index contributed by atoms with van der Waals surface area (Å²) in [5, 5.41) is 8.89. The number of halogens is 3. The Kier molecular flexibility index (Phi) is 4.08. The summed E-state index contributed by atoms with van der Waals surface area (Å²) in [5.41, 5.74) is 0. The van der Waals surface area contributed by atoms with Gasteiger partial charge in [-0.05, 0) is 31.6 Å². The highest BCUT2D eigenvalue weighted by Gasteiger charge is 2.44. The quantitative estimate of drug-likeness (QED) is 0.863. The number of likely N-dealkylation sites (tertiary alicyclic amines) is 1. The van der Waals surface area contributed by atoms with Crippen LogP contribution >= 0.6 is 0 Å². The van der Waals surface area contributed by atoms with Gasteiger partial charge in [0, 0.05) is 19.1 Å². The molecule has 0 spiro atoms. The molecule has 1 heterocycles. The molecule has 1 aliphatic carbocycles. The highest BCUT2D eigenvalue weighted by molar-refractivity contribution is 5.70. The zero-order chi connectivity index (χ0) is 14.2. The van der Waals surface area contributed by atoms with Crippen LogP contribution in [0.25, 0.3) is 0 Å². The Morgan fingerprint density at radius 1 is 1.21 bits per heavy atom. The van der Waals surface area contributed by atoms with Crippen molar-refractivity contribution in [2.75, 3.05) is 13.1 Å². The molecule has 19 heavy (non-hydrogen) atoms. The van der Waals surface area contributed by atoms with E-state index in [1.54, 1.807) is 6.92 Å². The first-order valence-corrected chi connectivity index (χ1v) is 6.82. The van der Waals surface area contributed by atoms with E-state index in [-0.39, 0.29) is 30.7 Å². The lowest BCUT2D eigenvalue weighted by Gasteiger charge is -2.48. The summed E-state index contributed by atoms with van der Waals surface area (Å²) < 4.78 is 37.6. The highest BCUT2D eigenvalue weighted by atomic mass is 19.4. The topological polar surface area (TPSA) is 40.5 Å².